The summed E-state index contributed by atoms with van der Waals surface area (Å²) in [6.07, 6.45) is 6.09. The predicted octanol–water partition coefficient (Wildman–Crippen LogP) is 3.96. The van der Waals surface area contributed by atoms with Gasteiger partial charge in [0.05, 0.1) is 35.6 Å². The van der Waals surface area contributed by atoms with Crippen molar-refractivity contribution in [3.8, 4) is 11.5 Å². The summed E-state index contributed by atoms with van der Waals surface area (Å²) < 4.78 is 8.15. The summed E-state index contributed by atoms with van der Waals surface area (Å²) in [6, 6.07) is 12.3. The molecule has 11 nitrogen and oxygen atoms in total. The highest BCUT2D eigenvalue weighted by molar-refractivity contribution is 5.87. The molecule has 6 heterocycles. The number of carbonyl (C=O) groups excluding carboxylic acids is 1. The molecule has 3 aromatic heterocycles. The minimum absolute atomic E-state index is 0.115. The van der Waals surface area contributed by atoms with E-state index >= 15 is 0 Å². The maximum absolute atomic E-state index is 11.8. The molecule has 0 spiro atoms. The fraction of sp³-hybridized carbons (Fsp3) is 0.286. The molecular weight excluding hydrogens is 494 g/mol. The largest absolute Gasteiger partial charge is 0.457 e. The van der Waals surface area contributed by atoms with E-state index in [-0.39, 0.29) is 18.0 Å². The monoisotopic (exact) mass is 521 g/mol. The number of piperazine rings is 1. The average molecular weight is 522 g/mol. The number of ether oxygens (including phenoxy) is 1. The van der Waals surface area contributed by atoms with E-state index in [0.717, 1.165) is 40.2 Å². The molecule has 2 atom stereocenters. The maximum Gasteiger partial charge on any atom is 0.226 e. The number of carbonyl (C=O) groups is 1. The molecule has 39 heavy (non-hydrogen) atoms. The zero-order valence-electron chi connectivity index (χ0n) is 21.9. The quantitative estimate of drug-likeness (QED) is 0.367. The van der Waals surface area contributed by atoms with Crippen LogP contribution in [0, 0.1) is 6.92 Å². The van der Waals surface area contributed by atoms with Gasteiger partial charge in [0.2, 0.25) is 11.9 Å². The van der Waals surface area contributed by atoms with Gasteiger partial charge in [-0.1, -0.05) is 0 Å². The fourth-order valence-corrected chi connectivity index (χ4v) is 5.54. The molecule has 8 rings (SSSR count). The molecule has 11 heteroatoms. The van der Waals surface area contributed by atoms with Crippen molar-refractivity contribution in [3.05, 3.63) is 60.8 Å². The Labute approximate surface area is 224 Å². The van der Waals surface area contributed by atoms with E-state index < -0.39 is 0 Å². The number of imidazole rings is 1. The van der Waals surface area contributed by atoms with Gasteiger partial charge >= 0.3 is 0 Å². The number of anilines is 3. The number of amides is 1. The maximum atomic E-state index is 11.8. The Morgan fingerprint density at radius 3 is 2.67 bits per heavy atom. The molecule has 3 aliphatic rings. The van der Waals surface area contributed by atoms with E-state index in [0.29, 0.717) is 35.9 Å². The molecule has 3 aliphatic heterocycles. The van der Waals surface area contributed by atoms with Gasteiger partial charge in [0.25, 0.3) is 0 Å². The number of benzene rings is 2. The van der Waals surface area contributed by atoms with Crippen LogP contribution in [0.1, 0.15) is 18.9 Å². The van der Waals surface area contributed by atoms with Crippen molar-refractivity contribution < 1.29 is 9.53 Å². The predicted molar refractivity (Wildman–Crippen MR) is 147 cm³/mol. The lowest BCUT2D eigenvalue weighted by Gasteiger charge is -2.56. The molecular formula is C28H27N9O2. The molecule has 2 aromatic carbocycles. The van der Waals surface area contributed by atoms with Crippen LogP contribution in [0.5, 0.6) is 11.5 Å². The Morgan fingerprint density at radius 2 is 1.87 bits per heavy atom. The number of piperidine rings is 1. The summed E-state index contributed by atoms with van der Waals surface area (Å²) in [5.41, 5.74) is 5.08. The minimum atomic E-state index is 0.115. The van der Waals surface area contributed by atoms with E-state index in [1.807, 2.05) is 59.8 Å². The standard InChI is InChI=1S/C28H27N9O2/c1-16-8-18(4-7-25(16)39-21-5-6-24-22(10-21)32-15-35(24)3)33-27-26-23(30-14-31-27)11-29-28(34-26)37-19-9-20(37)13-36(12-19)17(2)38/h4-8,10-11,14-15,19-20H,9,12-13H2,1-3H3,(H,30,31,33). The molecule has 3 saturated heterocycles. The Bertz CT molecular complexity index is 1740. The Hall–Kier alpha value is -4.80. The smallest absolute Gasteiger partial charge is 0.226 e. The number of nitrogens with one attached hydrogen (secondary N) is 1. The molecule has 3 fully saturated rings. The molecule has 0 aliphatic carbocycles. The Morgan fingerprint density at radius 1 is 1.03 bits per heavy atom. The lowest BCUT2D eigenvalue weighted by molar-refractivity contribution is -0.131. The van der Waals surface area contributed by atoms with Gasteiger partial charge in [0.15, 0.2) is 5.82 Å². The van der Waals surface area contributed by atoms with Crippen LogP contribution >= 0.6 is 0 Å². The van der Waals surface area contributed by atoms with Crippen molar-refractivity contribution in [1.82, 2.24) is 34.4 Å². The van der Waals surface area contributed by atoms with Gasteiger partial charge in [0.1, 0.15) is 28.9 Å². The minimum Gasteiger partial charge on any atom is -0.457 e. The number of fused-ring (bicyclic) bond motifs is 4. The van der Waals surface area contributed by atoms with Crippen LogP contribution in [0.25, 0.3) is 22.1 Å². The van der Waals surface area contributed by atoms with Crippen molar-refractivity contribution in [2.45, 2.75) is 32.4 Å². The number of aryl methyl sites for hydroxylation is 2. The number of hydrogen-bond donors (Lipinski definition) is 1. The van der Waals surface area contributed by atoms with E-state index in [9.17, 15) is 4.79 Å². The van der Waals surface area contributed by atoms with Crippen LogP contribution in [0.2, 0.25) is 0 Å². The summed E-state index contributed by atoms with van der Waals surface area (Å²) in [5, 5.41) is 3.40. The van der Waals surface area contributed by atoms with Crippen molar-refractivity contribution in [2.24, 2.45) is 7.05 Å². The molecule has 196 valence electrons. The second kappa shape index (κ2) is 8.90. The molecule has 0 radical (unpaired) electrons. The third-order valence-corrected chi connectivity index (χ3v) is 7.60. The topological polar surface area (TPSA) is 114 Å². The van der Waals surface area contributed by atoms with Crippen LogP contribution in [0.3, 0.4) is 0 Å². The normalized spacial score (nSPS) is 18.3. The Balaban J connectivity index is 1.12. The zero-order chi connectivity index (χ0) is 26.7. The molecule has 5 aromatic rings. The number of hydrogen-bond acceptors (Lipinski definition) is 9. The number of aromatic nitrogens is 6. The average Bonchev–Trinajstić information content (AvgIpc) is 3.30. The molecule has 2 unspecified atom stereocenters. The van der Waals surface area contributed by atoms with Crippen molar-refractivity contribution >= 4 is 45.4 Å². The molecule has 1 N–H and O–H groups in total. The highest BCUT2D eigenvalue weighted by atomic mass is 16.5. The Kier molecular flexibility index (Phi) is 5.32. The molecule has 2 bridgehead atoms. The summed E-state index contributed by atoms with van der Waals surface area (Å²) in [5.74, 6) is 2.86. The van der Waals surface area contributed by atoms with Crippen molar-refractivity contribution in [1.29, 1.82) is 0 Å². The van der Waals surface area contributed by atoms with Crippen LogP contribution in [0.15, 0.2) is 55.2 Å². The second-order valence-electron chi connectivity index (χ2n) is 10.2. The summed E-state index contributed by atoms with van der Waals surface area (Å²) in [7, 11) is 1.97. The third-order valence-electron chi connectivity index (χ3n) is 7.60. The van der Waals surface area contributed by atoms with E-state index in [2.05, 4.69) is 30.2 Å². The lowest BCUT2D eigenvalue weighted by Crippen LogP contribution is -2.70. The van der Waals surface area contributed by atoms with E-state index in [1.165, 1.54) is 6.33 Å². The van der Waals surface area contributed by atoms with Crippen LogP contribution in [0.4, 0.5) is 17.5 Å². The van der Waals surface area contributed by atoms with Gasteiger partial charge in [-0.15, -0.1) is 0 Å². The molecule has 0 saturated carbocycles. The zero-order valence-corrected chi connectivity index (χ0v) is 21.9. The summed E-state index contributed by atoms with van der Waals surface area (Å²) in [6.45, 7) is 5.03. The van der Waals surface area contributed by atoms with Gasteiger partial charge in [-0.2, -0.15) is 0 Å². The van der Waals surface area contributed by atoms with Crippen molar-refractivity contribution in [2.75, 3.05) is 23.3 Å². The van der Waals surface area contributed by atoms with Crippen LogP contribution in [-0.4, -0.2) is 65.5 Å². The fourth-order valence-electron chi connectivity index (χ4n) is 5.54. The summed E-state index contributed by atoms with van der Waals surface area (Å²) in [4.78, 5) is 38.6. The highest BCUT2D eigenvalue weighted by Gasteiger charge is 2.46. The van der Waals surface area contributed by atoms with Gasteiger partial charge in [-0.25, -0.2) is 24.9 Å². The second-order valence-corrected chi connectivity index (χ2v) is 10.2. The van der Waals surface area contributed by atoms with Gasteiger partial charge < -0.3 is 24.4 Å². The first-order chi connectivity index (χ1) is 18.9. The third kappa shape index (κ3) is 4.06. The highest BCUT2D eigenvalue weighted by Crippen LogP contribution is 2.36. The first kappa shape index (κ1) is 23.3. The first-order valence-electron chi connectivity index (χ1n) is 12.9. The summed E-state index contributed by atoms with van der Waals surface area (Å²) >= 11 is 0. The SMILES string of the molecule is CC(=O)N1CC2CC(C1)N2c1ncc2ncnc(Nc3ccc(Oc4ccc5c(c4)ncn5C)c(C)c3)c2n1. The lowest BCUT2D eigenvalue weighted by atomic mass is 9.88. The number of nitrogens with zero attached hydrogens (tertiary/aromatic N) is 8. The van der Waals surface area contributed by atoms with Gasteiger partial charge in [-0.3, -0.25) is 4.79 Å². The number of rotatable bonds is 5. The van der Waals surface area contributed by atoms with Crippen LogP contribution in [-0.2, 0) is 11.8 Å². The first-order valence-corrected chi connectivity index (χ1v) is 12.9. The molecule has 1 amide bonds. The van der Waals surface area contributed by atoms with Crippen LogP contribution < -0.4 is 15.0 Å². The van der Waals surface area contributed by atoms with Gasteiger partial charge in [0, 0.05) is 38.8 Å². The van der Waals surface area contributed by atoms with Gasteiger partial charge in [-0.05, 0) is 49.2 Å². The van der Waals surface area contributed by atoms with E-state index in [1.54, 1.807) is 19.4 Å². The van der Waals surface area contributed by atoms with E-state index in [4.69, 9.17) is 9.72 Å². The van der Waals surface area contributed by atoms with Crippen molar-refractivity contribution in [3.63, 3.8) is 0 Å².